The lowest BCUT2D eigenvalue weighted by Crippen LogP contribution is -2.37. The third-order valence-corrected chi connectivity index (χ3v) is 4.46. The van der Waals surface area contributed by atoms with Crippen molar-refractivity contribution in [3.05, 3.63) is 16.3 Å². The van der Waals surface area contributed by atoms with Crippen molar-refractivity contribution in [1.29, 1.82) is 0 Å². The molecule has 1 aliphatic carbocycles. The molecule has 16 heavy (non-hydrogen) atoms. The summed E-state index contributed by atoms with van der Waals surface area (Å²) >= 11 is 1.73. The Bertz CT molecular complexity index is 362. The molecule has 1 aliphatic heterocycles. The number of nitrogens with two attached hydrogens (primary N) is 1. The quantitative estimate of drug-likeness (QED) is 0.843. The van der Waals surface area contributed by atoms with E-state index in [1.807, 2.05) is 6.07 Å². The Balaban J connectivity index is 1.56. The monoisotopic (exact) mass is 238 g/mol. The molecule has 0 radical (unpaired) electrons. The largest absolute Gasteiger partial charge is 0.398 e. The van der Waals surface area contributed by atoms with Crippen molar-refractivity contribution in [2.24, 2.45) is 5.92 Å². The van der Waals surface area contributed by atoms with E-state index in [1.54, 1.807) is 11.3 Å². The number of nitrogens with one attached hydrogen (secondary N) is 1. The van der Waals surface area contributed by atoms with E-state index in [-0.39, 0.29) is 0 Å². The number of nitrogen functional groups attached to an aromatic ring is 1. The van der Waals surface area contributed by atoms with Crippen LogP contribution in [0.4, 0.5) is 5.69 Å². The number of anilines is 1. The minimum atomic E-state index is 0.459. The predicted octanol–water partition coefficient (Wildman–Crippen LogP) is 1.99. The van der Waals surface area contributed by atoms with Gasteiger partial charge in [-0.25, -0.2) is 0 Å². The van der Waals surface area contributed by atoms with Crippen molar-refractivity contribution in [2.45, 2.75) is 38.0 Å². The van der Waals surface area contributed by atoms with Crippen molar-refractivity contribution in [1.82, 2.24) is 5.32 Å². The molecule has 2 unspecified atom stereocenters. The molecule has 2 atom stereocenters. The lowest BCUT2D eigenvalue weighted by Gasteiger charge is -2.19. The SMILES string of the molecule is Nc1ccsc1CNC1CCOC1C1CC1. The molecule has 3 rings (SSSR count). The van der Waals surface area contributed by atoms with Gasteiger partial charge in [-0.15, -0.1) is 11.3 Å². The maximum absolute atomic E-state index is 5.87. The molecule has 0 spiro atoms. The third-order valence-electron chi connectivity index (χ3n) is 3.53. The van der Waals surface area contributed by atoms with Crippen LogP contribution in [0.3, 0.4) is 0 Å². The van der Waals surface area contributed by atoms with E-state index in [0.717, 1.165) is 31.2 Å². The maximum atomic E-state index is 5.87. The van der Waals surface area contributed by atoms with Crippen LogP contribution in [0.25, 0.3) is 0 Å². The van der Waals surface area contributed by atoms with Gasteiger partial charge in [0.05, 0.1) is 6.10 Å². The van der Waals surface area contributed by atoms with Crippen LogP contribution in [0.15, 0.2) is 11.4 Å². The van der Waals surface area contributed by atoms with E-state index in [4.69, 9.17) is 10.5 Å². The standard InChI is InChI=1S/C12H18N2OS/c13-9-4-6-16-11(9)7-14-10-3-5-15-12(10)8-1-2-8/h4,6,8,10,12,14H,1-3,5,7,13H2. The van der Waals surface area contributed by atoms with Gasteiger partial charge in [-0.2, -0.15) is 0 Å². The zero-order chi connectivity index (χ0) is 11.0. The molecule has 0 amide bonds. The predicted molar refractivity (Wildman–Crippen MR) is 66.4 cm³/mol. The molecule has 2 fully saturated rings. The summed E-state index contributed by atoms with van der Waals surface area (Å²) in [5.74, 6) is 0.820. The van der Waals surface area contributed by atoms with E-state index in [0.29, 0.717) is 12.1 Å². The first-order valence-corrected chi connectivity index (χ1v) is 6.89. The molecule has 1 saturated carbocycles. The molecule has 3 nitrogen and oxygen atoms in total. The molecule has 2 aliphatic rings. The van der Waals surface area contributed by atoms with E-state index in [9.17, 15) is 0 Å². The lowest BCUT2D eigenvalue weighted by atomic mass is 10.1. The molecule has 88 valence electrons. The van der Waals surface area contributed by atoms with Gasteiger partial charge in [0, 0.05) is 29.8 Å². The van der Waals surface area contributed by atoms with Crippen LogP contribution < -0.4 is 11.1 Å². The molecule has 4 heteroatoms. The highest BCUT2D eigenvalue weighted by Crippen LogP contribution is 2.38. The summed E-state index contributed by atoms with van der Waals surface area (Å²) in [6.07, 6.45) is 4.31. The average Bonchev–Trinajstić information content (AvgIpc) is 2.88. The highest BCUT2D eigenvalue weighted by atomic mass is 32.1. The molecule has 2 heterocycles. The Morgan fingerprint density at radius 3 is 3.00 bits per heavy atom. The fourth-order valence-corrected chi connectivity index (χ4v) is 3.19. The zero-order valence-corrected chi connectivity index (χ0v) is 10.1. The van der Waals surface area contributed by atoms with Crippen LogP contribution in [0.2, 0.25) is 0 Å². The van der Waals surface area contributed by atoms with Crippen molar-refractivity contribution >= 4 is 17.0 Å². The Kier molecular flexibility index (Phi) is 2.88. The van der Waals surface area contributed by atoms with Crippen LogP contribution in [0, 0.1) is 5.92 Å². The second-order valence-electron chi connectivity index (χ2n) is 4.75. The van der Waals surface area contributed by atoms with Crippen LogP contribution in [0.5, 0.6) is 0 Å². The fraction of sp³-hybridized carbons (Fsp3) is 0.667. The van der Waals surface area contributed by atoms with Crippen LogP contribution >= 0.6 is 11.3 Å². The molecule has 1 saturated heterocycles. The minimum absolute atomic E-state index is 0.459. The van der Waals surface area contributed by atoms with E-state index in [1.165, 1.54) is 17.7 Å². The van der Waals surface area contributed by atoms with Gasteiger partial charge < -0.3 is 15.8 Å². The summed E-state index contributed by atoms with van der Waals surface area (Å²) in [5, 5.41) is 5.65. The molecule has 1 aromatic heterocycles. The first-order valence-electron chi connectivity index (χ1n) is 6.01. The van der Waals surface area contributed by atoms with Gasteiger partial charge >= 0.3 is 0 Å². The third kappa shape index (κ3) is 2.10. The summed E-state index contributed by atoms with van der Waals surface area (Å²) < 4.78 is 5.80. The number of thiophene rings is 1. The fourth-order valence-electron chi connectivity index (χ4n) is 2.44. The molecule has 3 N–H and O–H groups in total. The van der Waals surface area contributed by atoms with Crippen molar-refractivity contribution in [2.75, 3.05) is 12.3 Å². The first kappa shape index (κ1) is 10.6. The van der Waals surface area contributed by atoms with E-state index in [2.05, 4.69) is 10.7 Å². The van der Waals surface area contributed by atoms with Gasteiger partial charge in [0.25, 0.3) is 0 Å². The molecule has 1 aromatic rings. The highest BCUT2D eigenvalue weighted by molar-refractivity contribution is 7.10. The van der Waals surface area contributed by atoms with Gasteiger partial charge in [0.1, 0.15) is 0 Å². The van der Waals surface area contributed by atoms with Gasteiger partial charge in [-0.1, -0.05) is 0 Å². The van der Waals surface area contributed by atoms with Crippen LogP contribution in [-0.2, 0) is 11.3 Å². The summed E-state index contributed by atoms with van der Waals surface area (Å²) in [6, 6.07) is 2.51. The molecular formula is C12H18N2OS. The second kappa shape index (κ2) is 4.35. The molecule has 0 aromatic carbocycles. The topological polar surface area (TPSA) is 47.3 Å². The van der Waals surface area contributed by atoms with Crippen LogP contribution in [0.1, 0.15) is 24.1 Å². The molecular weight excluding hydrogens is 220 g/mol. The van der Waals surface area contributed by atoms with Gasteiger partial charge in [-0.05, 0) is 36.6 Å². The number of rotatable bonds is 4. The van der Waals surface area contributed by atoms with Crippen molar-refractivity contribution in [3.8, 4) is 0 Å². The van der Waals surface area contributed by atoms with E-state index >= 15 is 0 Å². The van der Waals surface area contributed by atoms with Crippen molar-refractivity contribution < 1.29 is 4.74 Å². The molecule has 0 bridgehead atoms. The Hall–Kier alpha value is -0.580. The minimum Gasteiger partial charge on any atom is -0.398 e. The highest BCUT2D eigenvalue weighted by Gasteiger charge is 2.40. The van der Waals surface area contributed by atoms with Gasteiger partial charge in [-0.3, -0.25) is 0 Å². The number of hydrogen-bond donors (Lipinski definition) is 2. The van der Waals surface area contributed by atoms with Gasteiger partial charge in [0.15, 0.2) is 0 Å². The Morgan fingerprint density at radius 2 is 2.31 bits per heavy atom. The normalized spacial score (nSPS) is 29.8. The Labute approximate surface area is 100.0 Å². The zero-order valence-electron chi connectivity index (χ0n) is 9.32. The maximum Gasteiger partial charge on any atom is 0.0757 e. The smallest absolute Gasteiger partial charge is 0.0757 e. The first-order chi connectivity index (χ1) is 7.84. The number of hydrogen-bond acceptors (Lipinski definition) is 4. The summed E-state index contributed by atoms with van der Waals surface area (Å²) in [6.45, 7) is 1.81. The summed E-state index contributed by atoms with van der Waals surface area (Å²) in [4.78, 5) is 1.25. The number of ether oxygens (including phenoxy) is 1. The van der Waals surface area contributed by atoms with E-state index < -0.39 is 0 Å². The average molecular weight is 238 g/mol. The lowest BCUT2D eigenvalue weighted by molar-refractivity contribution is 0.0809. The second-order valence-corrected chi connectivity index (χ2v) is 5.75. The van der Waals surface area contributed by atoms with Crippen LogP contribution in [-0.4, -0.2) is 18.8 Å². The van der Waals surface area contributed by atoms with Crippen molar-refractivity contribution in [3.63, 3.8) is 0 Å². The summed E-state index contributed by atoms with van der Waals surface area (Å²) in [5.41, 5.74) is 6.79. The summed E-state index contributed by atoms with van der Waals surface area (Å²) in [7, 11) is 0. The Morgan fingerprint density at radius 1 is 1.44 bits per heavy atom. The van der Waals surface area contributed by atoms with Gasteiger partial charge in [0.2, 0.25) is 0 Å².